The zero-order valence-corrected chi connectivity index (χ0v) is 36.8. The number of unbranched alkanes of at least 4 members (excludes halogenated alkanes) is 17. The maximum atomic E-state index is 12.2. The highest BCUT2D eigenvalue weighted by Crippen LogP contribution is 2.14. The third-order valence-electron chi connectivity index (χ3n) is 9.64. The Morgan fingerprint density at radius 3 is 1.14 bits per heavy atom. The van der Waals surface area contributed by atoms with Crippen molar-refractivity contribution in [2.45, 2.75) is 206 Å². The number of rotatable bonds is 41. The lowest BCUT2D eigenvalue weighted by molar-refractivity contribution is -0.161. The number of hydrogen-bond donors (Lipinski definition) is 1. The van der Waals surface area contributed by atoms with E-state index in [0.717, 1.165) is 96.3 Å². The molecule has 0 aromatic carbocycles. The van der Waals surface area contributed by atoms with Crippen molar-refractivity contribution >= 4 is 11.9 Å². The summed E-state index contributed by atoms with van der Waals surface area (Å²) in [4.78, 5) is 24.3. The van der Waals surface area contributed by atoms with Gasteiger partial charge in [-0.15, -0.1) is 0 Å². The molecule has 0 spiro atoms. The maximum absolute atomic E-state index is 12.2. The molecule has 0 aliphatic heterocycles. The molecule has 1 unspecified atom stereocenters. The van der Waals surface area contributed by atoms with Crippen LogP contribution in [0.25, 0.3) is 0 Å². The standard InChI is InChI=1S/C52H86O5/c1-3-5-7-9-11-13-15-17-18-19-20-21-22-23-24-25-26-27-28-29-30-31-32-33-34-35-37-39-41-43-45-47-52(55)57-50(48-53)49-56-51(54)46-44-42-40-38-36-16-14-12-10-8-6-4-2/h5,7,11,13,17-18,20-21,23-24,26-27,29-30,32-33,50,53H,3-4,6,8-10,12,14-16,19,22,25,28,31,34-49H2,1-2H3/b7-5-,13-11-,18-17-,21-20-,24-23-,27-26-,30-29-,33-32-. The third kappa shape index (κ3) is 45.4. The summed E-state index contributed by atoms with van der Waals surface area (Å²) in [7, 11) is 0. The van der Waals surface area contributed by atoms with Gasteiger partial charge in [-0.1, -0.05) is 207 Å². The SMILES string of the molecule is CC/C=C\C/C=C\C/C=C\C/C=C\C/C=C\C/C=C\C/C=C\C/C=C\CCCCCCCCC(=O)OC(CO)COC(=O)CCCCCCCCCCCCCC. The molecule has 0 fully saturated rings. The van der Waals surface area contributed by atoms with Crippen molar-refractivity contribution in [1.82, 2.24) is 0 Å². The molecule has 5 nitrogen and oxygen atoms in total. The van der Waals surface area contributed by atoms with Crippen LogP contribution in [0.15, 0.2) is 97.2 Å². The average molecular weight is 791 g/mol. The number of esters is 2. The highest BCUT2D eigenvalue weighted by Gasteiger charge is 2.16. The van der Waals surface area contributed by atoms with E-state index in [1.807, 2.05) is 0 Å². The summed E-state index contributed by atoms with van der Waals surface area (Å²) in [6.07, 6.45) is 66.3. The second-order valence-corrected chi connectivity index (χ2v) is 15.1. The second-order valence-electron chi connectivity index (χ2n) is 15.1. The Hall–Kier alpha value is -3.18. The first kappa shape index (κ1) is 53.8. The first-order chi connectivity index (χ1) is 28.1. The predicted molar refractivity (Wildman–Crippen MR) is 246 cm³/mol. The van der Waals surface area contributed by atoms with E-state index in [0.29, 0.717) is 12.8 Å². The summed E-state index contributed by atoms with van der Waals surface area (Å²) in [5, 5.41) is 9.58. The molecule has 1 N–H and O–H groups in total. The Balaban J connectivity index is 3.63. The van der Waals surface area contributed by atoms with Gasteiger partial charge in [0.15, 0.2) is 6.10 Å². The van der Waals surface area contributed by atoms with E-state index < -0.39 is 6.10 Å². The Morgan fingerprint density at radius 1 is 0.421 bits per heavy atom. The number of allylic oxidation sites excluding steroid dienone is 16. The van der Waals surface area contributed by atoms with E-state index in [1.165, 1.54) is 77.0 Å². The number of carbonyl (C=O) groups is 2. The average Bonchev–Trinajstić information content (AvgIpc) is 3.21. The van der Waals surface area contributed by atoms with Gasteiger partial charge in [-0.2, -0.15) is 0 Å². The summed E-state index contributed by atoms with van der Waals surface area (Å²) in [5.41, 5.74) is 0. The van der Waals surface area contributed by atoms with E-state index in [4.69, 9.17) is 9.47 Å². The normalized spacial score (nSPS) is 13.1. The molecule has 0 rings (SSSR count). The molecule has 5 heteroatoms. The largest absolute Gasteiger partial charge is 0.462 e. The van der Waals surface area contributed by atoms with E-state index >= 15 is 0 Å². The molecule has 324 valence electrons. The van der Waals surface area contributed by atoms with Gasteiger partial charge in [0.25, 0.3) is 0 Å². The van der Waals surface area contributed by atoms with Crippen molar-refractivity contribution in [3.05, 3.63) is 97.2 Å². The van der Waals surface area contributed by atoms with Crippen LogP contribution in [-0.4, -0.2) is 36.4 Å². The molecule has 0 amide bonds. The van der Waals surface area contributed by atoms with Crippen LogP contribution in [0.5, 0.6) is 0 Å². The van der Waals surface area contributed by atoms with Gasteiger partial charge in [-0.3, -0.25) is 9.59 Å². The molecule has 0 aromatic rings. The molecular weight excluding hydrogens is 705 g/mol. The number of ether oxygens (including phenoxy) is 2. The lowest BCUT2D eigenvalue weighted by atomic mass is 10.0. The Kier molecular flexibility index (Phi) is 44.6. The fraction of sp³-hybridized carbons (Fsp3) is 0.654. The highest BCUT2D eigenvalue weighted by atomic mass is 16.6. The zero-order valence-electron chi connectivity index (χ0n) is 36.8. The predicted octanol–water partition coefficient (Wildman–Crippen LogP) is 15.2. The Bertz CT molecular complexity index is 1120. The topological polar surface area (TPSA) is 72.8 Å². The van der Waals surface area contributed by atoms with Crippen LogP contribution in [0.2, 0.25) is 0 Å². The van der Waals surface area contributed by atoms with Crippen LogP contribution in [0.4, 0.5) is 0 Å². The molecule has 0 saturated heterocycles. The second kappa shape index (κ2) is 47.2. The van der Waals surface area contributed by atoms with Gasteiger partial charge in [-0.05, 0) is 77.0 Å². The van der Waals surface area contributed by atoms with E-state index in [2.05, 4.69) is 111 Å². The number of carbonyl (C=O) groups excluding carboxylic acids is 2. The van der Waals surface area contributed by atoms with E-state index in [-0.39, 0.29) is 25.2 Å². The number of aliphatic hydroxyl groups excluding tert-OH is 1. The lowest BCUT2D eigenvalue weighted by Gasteiger charge is -2.15. The van der Waals surface area contributed by atoms with Crippen molar-refractivity contribution in [3.63, 3.8) is 0 Å². The van der Waals surface area contributed by atoms with Crippen LogP contribution in [0.3, 0.4) is 0 Å². The fourth-order valence-corrected chi connectivity index (χ4v) is 6.16. The molecule has 0 bridgehead atoms. The first-order valence-corrected chi connectivity index (χ1v) is 23.3. The van der Waals surface area contributed by atoms with Gasteiger partial charge < -0.3 is 14.6 Å². The van der Waals surface area contributed by atoms with Gasteiger partial charge in [0.2, 0.25) is 0 Å². The van der Waals surface area contributed by atoms with Crippen LogP contribution in [0, 0.1) is 0 Å². The van der Waals surface area contributed by atoms with Crippen LogP contribution in [0.1, 0.15) is 200 Å². The van der Waals surface area contributed by atoms with Crippen LogP contribution in [-0.2, 0) is 19.1 Å². The molecule has 0 saturated carbocycles. The van der Waals surface area contributed by atoms with Crippen LogP contribution < -0.4 is 0 Å². The summed E-state index contributed by atoms with van der Waals surface area (Å²) >= 11 is 0. The summed E-state index contributed by atoms with van der Waals surface area (Å²) < 4.78 is 10.6. The molecule has 57 heavy (non-hydrogen) atoms. The summed E-state index contributed by atoms with van der Waals surface area (Å²) in [6, 6.07) is 0. The first-order valence-electron chi connectivity index (χ1n) is 23.3. The highest BCUT2D eigenvalue weighted by molar-refractivity contribution is 5.70. The lowest BCUT2D eigenvalue weighted by Crippen LogP contribution is -2.28. The number of hydrogen-bond acceptors (Lipinski definition) is 5. The third-order valence-corrected chi connectivity index (χ3v) is 9.64. The monoisotopic (exact) mass is 791 g/mol. The molecule has 0 radical (unpaired) electrons. The van der Waals surface area contributed by atoms with Crippen molar-refractivity contribution in [2.75, 3.05) is 13.2 Å². The molecule has 0 aliphatic carbocycles. The van der Waals surface area contributed by atoms with Gasteiger partial charge >= 0.3 is 11.9 Å². The van der Waals surface area contributed by atoms with Crippen molar-refractivity contribution in [3.8, 4) is 0 Å². The molecule has 0 aromatic heterocycles. The van der Waals surface area contributed by atoms with Crippen LogP contribution >= 0.6 is 0 Å². The fourth-order valence-electron chi connectivity index (χ4n) is 6.16. The van der Waals surface area contributed by atoms with Gasteiger partial charge in [-0.25, -0.2) is 0 Å². The van der Waals surface area contributed by atoms with E-state index in [9.17, 15) is 14.7 Å². The molecule has 0 aliphatic rings. The zero-order chi connectivity index (χ0) is 41.4. The van der Waals surface area contributed by atoms with Crippen molar-refractivity contribution < 1.29 is 24.2 Å². The minimum absolute atomic E-state index is 0.0750. The van der Waals surface area contributed by atoms with Gasteiger partial charge in [0.05, 0.1) is 6.61 Å². The molecular formula is C52H86O5. The minimum Gasteiger partial charge on any atom is -0.462 e. The Labute approximate surface area is 351 Å². The minimum atomic E-state index is -0.783. The summed E-state index contributed by atoms with van der Waals surface area (Å²) in [5.74, 6) is -0.612. The van der Waals surface area contributed by atoms with Crippen molar-refractivity contribution in [1.29, 1.82) is 0 Å². The quantitative estimate of drug-likeness (QED) is 0.0379. The smallest absolute Gasteiger partial charge is 0.306 e. The number of aliphatic hydroxyl groups is 1. The van der Waals surface area contributed by atoms with E-state index in [1.54, 1.807) is 0 Å². The Morgan fingerprint density at radius 2 is 0.754 bits per heavy atom. The van der Waals surface area contributed by atoms with Crippen molar-refractivity contribution in [2.24, 2.45) is 0 Å². The summed E-state index contributed by atoms with van der Waals surface area (Å²) in [6.45, 7) is 4.00. The molecule has 1 atom stereocenters. The van der Waals surface area contributed by atoms with Gasteiger partial charge in [0, 0.05) is 12.8 Å². The van der Waals surface area contributed by atoms with Gasteiger partial charge in [0.1, 0.15) is 6.61 Å². The molecule has 0 heterocycles. The maximum Gasteiger partial charge on any atom is 0.306 e.